The average Bonchev–Trinajstić information content (AvgIpc) is 3.56. The van der Waals surface area contributed by atoms with Crippen molar-refractivity contribution in [3.05, 3.63) is 66.1 Å². The number of hydrogen-bond donors (Lipinski definition) is 2. The monoisotopic (exact) mass is 482 g/mol. The molecular weight excluding hydrogens is 452 g/mol. The molecule has 2 N–H and O–H groups in total. The second-order valence-electron chi connectivity index (χ2n) is 10.2. The molecule has 2 fully saturated rings. The Morgan fingerprint density at radius 3 is 2.75 bits per heavy atom. The number of aryl methyl sites for hydroxylation is 1. The van der Waals surface area contributed by atoms with Gasteiger partial charge >= 0.3 is 0 Å². The van der Waals surface area contributed by atoms with Gasteiger partial charge in [0.2, 0.25) is 5.88 Å². The van der Waals surface area contributed by atoms with Gasteiger partial charge in [-0.2, -0.15) is 14.6 Å². The number of nitrogens with one attached hydrogen (secondary N) is 2. The van der Waals surface area contributed by atoms with E-state index < -0.39 is 0 Å². The molecule has 0 unspecified atom stereocenters. The topological polar surface area (TPSA) is 93.4 Å². The van der Waals surface area contributed by atoms with Gasteiger partial charge in [-0.15, -0.1) is 0 Å². The van der Waals surface area contributed by atoms with Gasteiger partial charge in [-0.3, -0.25) is 9.78 Å². The number of carbonyl (C=O) groups excluding carboxylic acids is 1. The van der Waals surface area contributed by atoms with E-state index in [0.717, 1.165) is 47.8 Å². The summed E-state index contributed by atoms with van der Waals surface area (Å²) in [5.74, 6) is 3.38. The van der Waals surface area contributed by atoms with E-state index >= 15 is 0 Å². The Kier molecular flexibility index (Phi) is 5.79. The molecule has 8 nitrogen and oxygen atoms in total. The highest BCUT2D eigenvalue weighted by atomic mass is 16.5. The summed E-state index contributed by atoms with van der Waals surface area (Å²) in [6.07, 6.45) is 9.82. The second kappa shape index (κ2) is 9.26. The van der Waals surface area contributed by atoms with Gasteiger partial charge in [0, 0.05) is 36.0 Å². The van der Waals surface area contributed by atoms with Crippen molar-refractivity contribution in [1.82, 2.24) is 24.9 Å². The van der Waals surface area contributed by atoms with Crippen LogP contribution < -0.4 is 15.4 Å². The molecule has 3 aromatic heterocycles. The van der Waals surface area contributed by atoms with Crippen molar-refractivity contribution in [3.8, 4) is 22.8 Å². The molecule has 1 aromatic carbocycles. The Morgan fingerprint density at radius 2 is 2.03 bits per heavy atom. The minimum atomic E-state index is -0.0107. The van der Waals surface area contributed by atoms with Crippen LogP contribution in [0.4, 0.5) is 5.82 Å². The van der Waals surface area contributed by atoms with Crippen molar-refractivity contribution >= 4 is 17.4 Å². The highest BCUT2D eigenvalue weighted by molar-refractivity contribution is 5.97. The fraction of sp³-hybridized carbons (Fsp3) is 0.357. The highest BCUT2D eigenvalue weighted by Crippen LogP contribution is 2.34. The fourth-order valence-corrected chi connectivity index (χ4v) is 4.91. The maximum absolute atomic E-state index is 12.6. The van der Waals surface area contributed by atoms with E-state index in [2.05, 4.69) is 27.6 Å². The molecule has 0 radical (unpaired) electrons. The van der Waals surface area contributed by atoms with E-state index in [1.54, 1.807) is 12.4 Å². The number of amides is 1. The van der Waals surface area contributed by atoms with Crippen LogP contribution in [0.25, 0.3) is 16.8 Å². The first-order chi connectivity index (χ1) is 17.5. The minimum Gasteiger partial charge on any atom is -0.437 e. The number of ether oxygens (including phenoxy) is 1. The van der Waals surface area contributed by atoms with Crippen LogP contribution in [-0.2, 0) is 0 Å². The molecule has 0 spiro atoms. The quantitative estimate of drug-likeness (QED) is 0.357. The van der Waals surface area contributed by atoms with Gasteiger partial charge in [0.25, 0.3) is 5.91 Å². The Labute approximate surface area is 210 Å². The average molecular weight is 483 g/mol. The number of anilines is 1. The van der Waals surface area contributed by atoms with Crippen LogP contribution in [-0.4, -0.2) is 38.1 Å². The number of pyridine rings is 1. The van der Waals surface area contributed by atoms with Gasteiger partial charge in [-0.1, -0.05) is 19.1 Å². The minimum absolute atomic E-state index is 0.0107. The zero-order valence-electron chi connectivity index (χ0n) is 20.6. The molecule has 0 atom stereocenters. The number of fused-ring (bicyclic) bond motifs is 1. The van der Waals surface area contributed by atoms with Crippen molar-refractivity contribution in [3.63, 3.8) is 0 Å². The molecule has 0 aliphatic heterocycles. The summed E-state index contributed by atoms with van der Waals surface area (Å²) in [5.41, 5.74) is 4.15. The van der Waals surface area contributed by atoms with E-state index in [0.29, 0.717) is 34.8 Å². The molecule has 8 heteroatoms. The number of aromatic nitrogens is 4. The van der Waals surface area contributed by atoms with Crippen LogP contribution in [0.3, 0.4) is 0 Å². The summed E-state index contributed by atoms with van der Waals surface area (Å²) in [6, 6.07) is 11.8. The Bertz CT molecular complexity index is 1410. The maximum atomic E-state index is 12.6. The van der Waals surface area contributed by atoms with E-state index in [9.17, 15) is 4.79 Å². The first-order valence-corrected chi connectivity index (χ1v) is 12.7. The van der Waals surface area contributed by atoms with Crippen molar-refractivity contribution in [2.24, 2.45) is 11.8 Å². The molecule has 2 aliphatic carbocycles. The third kappa shape index (κ3) is 4.63. The maximum Gasteiger partial charge on any atom is 0.251 e. The lowest BCUT2D eigenvalue weighted by molar-refractivity contribution is 0.0950. The van der Waals surface area contributed by atoms with Crippen molar-refractivity contribution in [2.75, 3.05) is 11.9 Å². The number of hydrogen-bond acceptors (Lipinski definition) is 6. The summed E-state index contributed by atoms with van der Waals surface area (Å²) in [4.78, 5) is 21.5. The molecule has 2 saturated carbocycles. The second-order valence-corrected chi connectivity index (χ2v) is 10.2. The lowest BCUT2D eigenvalue weighted by Crippen LogP contribution is -2.28. The van der Waals surface area contributed by atoms with E-state index in [4.69, 9.17) is 9.72 Å². The standard InChI is InChI=1S/C28H30N6O2/c1-17-10-19(11-17)14-30-25-13-26(36-22-4-3-9-29-15-22)33-27-24(16-31-34(25)27)20-5-8-23(18(2)12-20)28(35)32-21-6-7-21/h3-5,8-9,12-13,15-17,19,21,30H,6-7,10-11,14H2,1-2H3,(H,32,35). The van der Waals surface area contributed by atoms with Crippen molar-refractivity contribution < 1.29 is 9.53 Å². The van der Waals surface area contributed by atoms with Crippen LogP contribution in [0.2, 0.25) is 0 Å². The molecule has 184 valence electrons. The summed E-state index contributed by atoms with van der Waals surface area (Å²) < 4.78 is 7.89. The molecule has 0 saturated heterocycles. The third-order valence-corrected chi connectivity index (χ3v) is 7.04. The lowest BCUT2D eigenvalue weighted by atomic mass is 9.76. The van der Waals surface area contributed by atoms with Crippen molar-refractivity contribution in [1.29, 1.82) is 0 Å². The zero-order chi connectivity index (χ0) is 24.6. The van der Waals surface area contributed by atoms with Gasteiger partial charge in [0.15, 0.2) is 5.65 Å². The van der Waals surface area contributed by atoms with Gasteiger partial charge < -0.3 is 15.4 Å². The molecular formula is C28H30N6O2. The molecule has 3 heterocycles. The zero-order valence-corrected chi connectivity index (χ0v) is 20.6. The summed E-state index contributed by atoms with van der Waals surface area (Å²) >= 11 is 0. The number of rotatable bonds is 8. The normalized spacial score (nSPS) is 19.1. The lowest BCUT2D eigenvalue weighted by Gasteiger charge is -2.32. The smallest absolute Gasteiger partial charge is 0.251 e. The fourth-order valence-electron chi connectivity index (χ4n) is 4.91. The predicted octanol–water partition coefficient (Wildman–Crippen LogP) is 5.24. The van der Waals surface area contributed by atoms with E-state index in [1.807, 2.05) is 54.0 Å². The number of benzene rings is 1. The van der Waals surface area contributed by atoms with Crippen LogP contribution >= 0.6 is 0 Å². The largest absolute Gasteiger partial charge is 0.437 e. The van der Waals surface area contributed by atoms with Gasteiger partial charge in [0.1, 0.15) is 11.6 Å². The van der Waals surface area contributed by atoms with Crippen LogP contribution in [0.15, 0.2) is 55.0 Å². The Balaban J connectivity index is 1.34. The summed E-state index contributed by atoms with van der Waals surface area (Å²) in [6.45, 7) is 5.15. The van der Waals surface area contributed by atoms with Gasteiger partial charge in [-0.05, 0) is 73.8 Å². The van der Waals surface area contributed by atoms with E-state index in [-0.39, 0.29) is 5.91 Å². The molecule has 6 rings (SSSR count). The molecule has 36 heavy (non-hydrogen) atoms. The van der Waals surface area contributed by atoms with Crippen LogP contribution in [0, 0.1) is 18.8 Å². The Morgan fingerprint density at radius 1 is 1.17 bits per heavy atom. The van der Waals surface area contributed by atoms with Crippen LogP contribution in [0.5, 0.6) is 11.6 Å². The van der Waals surface area contributed by atoms with Crippen LogP contribution in [0.1, 0.15) is 48.5 Å². The summed E-state index contributed by atoms with van der Waals surface area (Å²) in [7, 11) is 0. The highest BCUT2D eigenvalue weighted by Gasteiger charge is 2.26. The molecule has 2 aliphatic rings. The Hall–Kier alpha value is -3.94. The first kappa shape index (κ1) is 22.5. The van der Waals surface area contributed by atoms with Crippen molar-refractivity contribution in [2.45, 2.75) is 45.6 Å². The summed E-state index contributed by atoms with van der Waals surface area (Å²) in [5, 5.41) is 11.3. The van der Waals surface area contributed by atoms with Gasteiger partial charge in [0.05, 0.1) is 12.4 Å². The predicted molar refractivity (Wildman–Crippen MR) is 138 cm³/mol. The third-order valence-electron chi connectivity index (χ3n) is 7.04. The van der Waals surface area contributed by atoms with E-state index in [1.165, 1.54) is 12.8 Å². The molecule has 4 aromatic rings. The molecule has 0 bridgehead atoms. The molecule has 1 amide bonds. The number of nitrogens with zero attached hydrogens (tertiary/aromatic N) is 4. The first-order valence-electron chi connectivity index (χ1n) is 12.7. The van der Waals surface area contributed by atoms with Gasteiger partial charge in [-0.25, -0.2) is 0 Å². The number of carbonyl (C=O) groups is 1. The SMILES string of the molecule is Cc1cc(-c2cnn3c(NCC4CC(C)C4)cc(Oc4cccnc4)nc23)ccc1C(=O)NC1CC1.